The van der Waals surface area contributed by atoms with Gasteiger partial charge in [-0.15, -0.1) is 11.3 Å². The summed E-state index contributed by atoms with van der Waals surface area (Å²) in [4.78, 5) is 19.2. The highest BCUT2D eigenvalue weighted by Gasteiger charge is 2.17. The number of hydrogen-bond acceptors (Lipinski definition) is 4. The second kappa shape index (κ2) is 5.44. The highest BCUT2D eigenvalue weighted by molar-refractivity contribution is 7.13. The molecular weight excluding hydrogens is 272 g/mol. The molecule has 0 aliphatic carbocycles. The zero-order valence-electron chi connectivity index (χ0n) is 10.7. The van der Waals surface area contributed by atoms with E-state index >= 15 is 0 Å². The van der Waals surface area contributed by atoms with Gasteiger partial charge in [-0.1, -0.05) is 18.2 Å². The SMILES string of the molecule is N[C@@H](Cc1c[nH]c2ccccc12)C(=O)Nc1nccs1. The highest BCUT2D eigenvalue weighted by atomic mass is 32.1. The summed E-state index contributed by atoms with van der Waals surface area (Å²) in [6.45, 7) is 0. The molecule has 0 radical (unpaired) electrons. The Hall–Kier alpha value is -2.18. The van der Waals surface area contributed by atoms with E-state index in [1.165, 1.54) is 11.3 Å². The molecule has 0 aliphatic rings. The summed E-state index contributed by atoms with van der Waals surface area (Å²) in [5, 5.41) is 6.20. The number of nitrogens with zero attached hydrogens (tertiary/aromatic N) is 1. The lowest BCUT2D eigenvalue weighted by Crippen LogP contribution is -2.37. The lowest BCUT2D eigenvalue weighted by Gasteiger charge is -2.10. The van der Waals surface area contributed by atoms with Crippen molar-refractivity contribution in [3.8, 4) is 0 Å². The van der Waals surface area contributed by atoms with E-state index in [2.05, 4.69) is 15.3 Å². The number of hydrogen-bond donors (Lipinski definition) is 3. The summed E-state index contributed by atoms with van der Waals surface area (Å²) >= 11 is 1.37. The fraction of sp³-hybridized carbons (Fsp3) is 0.143. The Balaban J connectivity index is 1.72. The van der Waals surface area contributed by atoms with Crippen LogP contribution in [0.2, 0.25) is 0 Å². The van der Waals surface area contributed by atoms with E-state index in [1.807, 2.05) is 30.5 Å². The number of H-pyrrole nitrogens is 1. The number of amides is 1. The molecule has 20 heavy (non-hydrogen) atoms. The number of fused-ring (bicyclic) bond motifs is 1. The quantitative estimate of drug-likeness (QED) is 0.687. The molecule has 3 rings (SSSR count). The van der Waals surface area contributed by atoms with Crippen LogP contribution in [0.4, 0.5) is 5.13 Å². The fourth-order valence-electron chi connectivity index (χ4n) is 2.11. The Labute approximate surface area is 119 Å². The molecule has 6 heteroatoms. The molecule has 2 aromatic heterocycles. The normalized spacial score (nSPS) is 12.4. The van der Waals surface area contributed by atoms with Crippen molar-refractivity contribution in [2.75, 3.05) is 5.32 Å². The third-order valence-corrected chi connectivity index (χ3v) is 3.80. The minimum Gasteiger partial charge on any atom is -0.361 e. The second-order valence-corrected chi connectivity index (χ2v) is 5.39. The Morgan fingerprint density at radius 2 is 2.30 bits per heavy atom. The van der Waals surface area contributed by atoms with Crippen LogP contribution < -0.4 is 11.1 Å². The number of rotatable bonds is 4. The number of aromatic amines is 1. The average Bonchev–Trinajstić information content (AvgIpc) is 3.09. The van der Waals surface area contributed by atoms with E-state index in [4.69, 9.17) is 5.73 Å². The van der Waals surface area contributed by atoms with Crippen LogP contribution in [0.15, 0.2) is 42.0 Å². The van der Waals surface area contributed by atoms with Gasteiger partial charge in [0.15, 0.2) is 5.13 Å². The Bertz CT molecular complexity index is 720. The van der Waals surface area contributed by atoms with E-state index in [0.29, 0.717) is 11.6 Å². The number of thiazole rings is 1. The van der Waals surface area contributed by atoms with Crippen molar-refractivity contribution in [2.24, 2.45) is 5.73 Å². The van der Waals surface area contributed by atoms with E-state index in [1.54, 1.807) is 11.6 Å². The molecule has 0 aliphatic heterocycles. The first-order valence-corrected chi connectivity index (χ1v) is 7.13. The molecule has 4 N–H and O–H groups in total. The minimum absolute atomic E-state index is 0.217. The maximum atomic E-state index is 12.0. The van der Waals surface area contributed by atoms with Gasteiger partial charge in [-0.3, -0.25) is 4.79 Å². The van der Waals surface area contributed by atoms with Crippen molar-refractivity contribution >= 4 is 33.3 Å². The number of para-hydroxylation sites is 1. The molecule has 0 spiro atoms. The van der Waals surface area contributed by atoms with Crippen molar-refractivity contribution in [2.45, 2.75) is 12.5 Å². The van der Waals surface area contributed by atoms with Gasteiger partial charge in [-0.25, -0.2) is 4.98 Å². The minimum atomic E-state index is -0.599. The van der Waals surface area contributed by atoms with Gasteiger partial charge in [0.25, 0.3) is 0 Å². The third kappa shape index (κ3) is 2.56. The molecule has 2 heterocycles. The second-order valence-electron chi connectivity index (χ2n) is 4.50. The molecule has 1 aromatic carbocycles. The smallest absolute Gasteiger partial charge is 0.243 e. The van der Waals surface area contributed by atoms with Gasteiger partial charge in [0.2, 0.25) is 5.91 Å². The lowest BCUT2D eigenvalue weighted by molar-refractivity contribution is -0.117. The van der Waals surface area contributed by atoms with Crippen LogP contribution in [0.5, 0.6) is 0 Å². The number of benzene rings is 1. The van der Waals surface area contributed by atoms with Gasteiger partial charge in [-0.2, -0.15) is 0 Å². The van der Waals surface area contributed by atoms with Crippen LogP contribution in [0.3, 0.4) is 0 Å². The van der Waals surface area contributed by atoms with Crippen molar-refractivity contribution in [1.29, 1.82) is 0 Å². The summed E-state index contributed by atoms with van der Waals surface area (Å²) < 4.78 is 0. The zero-order valence-corrected chi connectivity index (χ0v) is 11.5. The van der Waals surface area contributed by atoms with Crippen molar-refractivity contribution in [3.05, 3.63) is 47.6 Å². The van der Waals surface area contributed by atoms with Gasteiger partial charge in [0.05, 0.1) is 6.04 Å². The molecular formula is C14H14N4OS. The van der Waals surface area contributed by atoms with Gasteiger partial charge < -0.3 is 16.0 Å². The molecule has 1 amide bonds. The molecule has 1 atom stereocenters. The zero-order chi connectivity index (χ0) is 13.9. The highest BCUT2D eigenvalue weighted by Crippen LogP contribution is 2.19. The predicted octanol–water partition coefficient (Wildman–Crippen LogP) is 2.13. The summed E-state index contributed by atoms with van der Waals surface area (Å²) in [6.07, 6.45) is 4.04. The van der Waals surface area contributed by atoms with Crippen LogP contribution >= 0.6 is 11.3 Å². The Kier molecular flexibility index (Phi) is 3.49. The first kappa shape index (κ1) is 12.8. The van der Waals surface area contributed by atoms with E-state index in [0.717, 1.165) is 16.5 Å². The summed E-state index contributed by atoms with van der Waals surface area (Å²) in [7, 11) is 0. The van der Waals surface area contributed by atoms with Crippen molar-refractivity contribution in [3.63, 3.8) is 0 Å². The number of carbonyl (C=O) groups excluding carboxylic acids is 1. The summed E-state index contributed by atoms with van der Waals surface area (Å²) in [5.41, 5.74) is 8.06. The van der Waals surface area contributed by atoms with Gasteiger partial charge >= 0.3 is 0 Å². The number of nitrogens with two attached hydrogens (primary N) is 1. The van der Waals surface area contributed by atoms with Crippen molar-refractivity contribution < 1.29 is 4.79 Å². The maximum Gasteiger partial charge on any atom is 0.243 e. The predicted molar refractivity (Wildman–Crippen MR) is 80.7 cm³/mol. The average molecular weight is 286 g/mol. The molecule has 5 nitrogen and oxygen atoms in total. The number of carbonyl (C=O) groups is 1. The fourth-order valence-corrected chi connectivity index (χ4v) is 2.65. The van der Waals surface area contributed by atoms with Crippen LogP contribution in [0.1, 0.15) is 5.56 Å². The number of aromatic nitrogens is 2. The Morgan fingerprint density at radius 1 is 1.45 bits per heavy atom. The lowest BCUT2D eigenvalue weighted by atomic mass is 10.1. The molecule has 102 valence electrons. The number of nitrogens with one attached hydrogen (secondary N) is 2. The first-order chi connectivity index (χ1) is 9.74. The topological polar surface area (TPSA) is 83.8 Å². The third-order valence-electron chi connectivity index (χ3n) is 3.11. The summed E-state index contributed by atoms with van der Waals surface area (Å²) in [5.74, 6) is -0.217. The van der Waals surface area contributed by atoms with Crippen LogP contribution in [-0.2, 0) is 11.2 Å². The van der Waals surface area contributed by atoms with E-state index < -0.39 is 6.04 Å². The van der Waals surface area contributed by atoms with Crippen LogP contribution in [0.25, 0.3) is 10.9 Å². The standard InChI is InChI=1S/C14H14N4OS/c15-11(13(19)18-14-16-5-6-20-14)7-9-8-17-12-4-2-1-3-10(9)12/h1-6,8,11,17H,7,15H2,(H,16,18,19)/t11-/m0/s1. The largest absolute Gasteiger partial charge is 0.361 e. The summed E-state index contributed by atoms with van der Waals surface area (Å²) in [6, 6.07) is 7.36. The Morgan fingerprint density at radius 3 is 3.10 bits per heavy atom. The molecule has 0 fully saturated rings. The van der Waals surface area contributed by atoms with Crippen molar-refractivity contribution in [1.82, 2.24) is 9.97 Å². The van der Waals surface area contributed by atoms with Crippen LogP contribution in [0, 0.1) is 0 Å². The van der Waals surface area contributed by atoms with Crippen LogP contribution in [-0.4, -0.2) is 21.9 Å². The van der Waals surface area contributed by atoms with Gasteiger partial charge in [0, 0.05) is 28.7 Å². The molecule has 0 saturated carbocycles. The first-order valence-electron chi connectivity index (χ1n) is 6.25. The van der Waals surface area contributed by atoms with E-state index in [9.17, 15) is 4.79 Å². The molecule has 3 aromatic rings. The monoisotopic (exact) mass is 286 g/mol. The van der Waals surface area contributed by atoms with Gasteiger partial charge in [0.1, 0.15) is 0 Å². The van der Waals surface area contributed by atoms with E-state index in [-0.39, 0.29) is 5.91 Å². The molecule has 0 bridgehead atoms. The van der Waals surface area contributed by atoms with Gasteiger partial charge in [-0.05, 0) is 18.1 Å². The number of anilines is 1. The molecule has 0 unspecified atom stereocenters. The molecule has 0 saturated heterocycles. The maximum absolute atomic E-state index is 12.0.